The summed E-state index contributed by atoms with van der Waals surface area (Å²) in [5, 5.41) is 0. The van der Waals surface area contributed by atoms with Crippen LogP contribution in [0.25, 0.3) is 0 Å². The van der Waals surface area contributed by atoms with Gasteiger partial charge in [0.25, 0.3) is 0 Å². The van der Waals surface area contributed by atoms with E-state index < -0.39 is 0 Å². The molecule has 0 amide bonds. The van der Waals surface area contributed by atoms with Gasteiger partial charge in [0.1, 0.15) is 5.75 Å². The Morgan fingerprint density at radius 1 is 1.10 bits per heavy atom. The standard InChI is InChI=1S/C15H26N2O3/c1-12(16)15-13(6-5-7-14(15)20-4)17(8-10-18-2)9-11-19-3/h5-7,12H,8-11,16H2,1-4H3/t12-/m0/s1. The zero-order chi connectivity index (χ0) is 15.0. The van der Waals surface area contributed by atoms with E-state index in [0.717, 1.165) is 30.1 Å². The van der Waals surface area contributed by atoms with Gasteiger partial charge in [-0.25, -0.2) is 0 Å². The molecule has 0 heterocycles. The Labute approximate surface area is 121 Å². The Kier molecular flexibility index (Phi) is 7.36. The van der Waals surface area contributed by atoms with Crippen molar-refractivity contribution in [1.29, 1.82) is 0 Å². The maximum absolute atomic E-state index is 6.12. The number of hydrogen-bond acceptors (Lipinski definition) is 5. The van der Waals surface area contributed by atoms with Crippen LogP contribution in [0, 0.1) is 0 Å². The topological polar surface area (TPSA) is 57.0 Å². The molecular weight excluding hydrogens is 256 g/mol. The lowest BCUT2D eigenvalue weighted by atomic mass is 10.0. The van der Waals surface area contributed by atoms with Gasteiger partial charge in [-0.3, -0.25) is 0 Å². The second kappa shape index (κ2) is 8.79. The summed E-state index contributed by atoms with van der Waals surface area (Å²) in [5.74, 6) is 0.817. The number of anilines is 1. The van der Waals surface area contributed by atoms with Crippen molar-refractivity contribution in [2.45, 2.75) is 13.0 Å². The second-order valence-electron chi connectivity index (χ2n) is 4.65. The van der Waals surface area contributed by atoms with Gasteiger partial charge in [0, 0.05) is 44.6 Å². The van der Waals surface area contributed by atoms with Crippen LogP contribution in [0.3, 0.4) is 0 Å². The molecule has 0 fully saturated rings. The lowest BCUT2D eigenvalue weighted by Crippen LogP contribution is -2.32. The zero-order valence-electron chi connectivity index (χ0n) is 12.9. The molecule has 0 saturated carbocycles. The van der Waals surface area contributed by atoms with Crippen molar-refractivity contribution in [2.24, 2.45) is 5.73 Å². The molecule has 1 aromatic rings. The zero-order valence-corrected chi connectivity index (χ0v) is 12.9. The monoisotopic (exact) mass is 282 g/mol. The second-order valence-corrected chi connectivity index (χ2v) is 4.65. The molecule has 0 aliphatic carbocycles. The lowest BCUT2D eigenvalue weighted by molar-refractivity contribution is 0.190. The summed E-state index contributed by atoms with van der Waals surface area (Å²) < 4.78 is 15.8. The molecule has 0 aliphatic rings. The van der Waals surface area contributed by atoms with Crippen molar-refractivity contribution in [2.75, 3.05) is 52.5 Å². The molecule has 0 aliphatic heterocycles. The number of rotatable bonds is 9. The van der Waals surface area contributed by atoms with Crippen molar-refractivity contribution < 1.29 is 14.2 Å². The number of nitrogens with two attached hydrogens (primary N) is 1. The van der Waals surface area contributed by atoms with E-state index >= 15 is 0 Å². The predicted octanol–water partition coefficient (Wildman–Crippen LogP) is 1.81. The Balaban J connectivity index is 3.09. The van der Waals surface area contributed by atoms with E-state index in [9.17, 15) is 0 Å². The Morgan fingerprint density at radius 2 is 1.70 bits per heavy atom. The van der Waals surface area contributed by atoms with E-state index in [1.165, 1.54) is 0 Å². The van der Waals surface area contributed by atoms with Crippen LogP contribution in [-0.2, 0) is 9.47 Å². The van der Waals surface area contributed by atoms with E-state index in [0.29, 0.717) is 13.2 Å². The molecule has 5 nitrogen and oxygen atoms in total. The van der Waals surface area contributed by atoms with Gasteiger partial charge in [0.2, 0.25) is 0 Å². The summed E-state index contributed by atoms with van der Waals surface area (Å²) in [7, 11) is 5.07. The third-order valence-corrected chi connectivity index (χ3v) is 3.19. The van der Waals surface area contributed by atoms with Crippen LogP contribution in [0.15, 0.2) is 18.2 Å². The maximum Gasteiger partial charge on any atom is 0.125 e. The maximum atomic E-state index is 6.12. The SMILES string of the molecule is COCCN(CCOC)c1cccc(OC)c1[C@H](C)N. The fraction of sp³-hybridized carbons (Fsp3) is 0.600. The van der Waals surface area contributed by atoms with Crippen LogP contribution in [0.4, 0.5) is 5.69 Å². The smallest absolute Gasteiger partial charge is 0.125 e. The first-order valence-electron chi connectivity index (χ1n) is 6.81. The van der Waals surface area contributed by atoms with Crippen molar-refractivity contribution in [1.82, 2.24) is 0 Å². The minimum Gasteiger partial charge on any atom is -0.496 e. The quantitative estimate of drug-likeness (QED) is 0.748. The highest BCUT2D eigenvalue weighted by molar-refractivity contribution is 5.60. The highest BCUT2D eigenvalue weighted by Gasteiger charge is 2.17. The van der Waals surface area contributed by atoms with Crippen LogP contribution >= 0.6 is 0 Å². The predicted molar refractivity (Wildman–Crippen MR) is 81.6 cm³/mol. The van der Waals surface area contributed by atoms with Crippen molar-refractivity contribution in [3.63, 3.8) is 0 Å². The first kappa shape index (κ1) is 16.8. The molecule has 0 radical (unpaired) electrons. The van der Waals surface area contributed by atoms with Gasteiger partial charge in [0.15, 0.2) is 0 Å². The minimum atomic E-state index is -0.103. The first-order chi connectivity index (χ1) is 9.65. The summed E-state index contributed by atoms with van der Waals surface area (Å²) in [6.45, 7) is 4.84. The third kappa shape index (κ3) is 4.37. The van der Waals surface area contributed by atoms with Crippen molar-refractivity contribution >= 4 is 5.69 Å². The van der Waals surface area contributed by atoms with E-state index in [4.69, 9.17) is 19.9 Å². The van der Waals surface area contributed by atoms with Crippen molar-refractivity contribution in [3.8, 4) is 5.75 Å². The summed E-state index contributed by atoms with van der Waals surface area (Å²) in [4.78, 5) is 2.22. The van der Waals surface area contributed by atoms with Crippen LogP contribution in [-0.4, -0.2) is 47.6 Å². The summed E-state index contributed by atoms with van der Waals surface area (Å²) in [6, 6.07) is 5.88. The molecule has 0 spiro atoms. The van der Waals surface area contributed by atoms with Gasteiger partial charge >= 0.3 is 0 Å². The Hall–Kier alpha value is -1.30. The average molecular weight is 282 g/mol. The van der Waals surface area contributed by atoms with Gasteiger partial charge < -0.3 is 24.8 Å². The Bertz CT molecular complexity index is 389. The molecule has 1 rings (SSSR count). The minimum absolute atomic E-state index is 0.103. The highest BCUT2D eigenvalue weighted by Crippen LogP contribution is 2.33. The average Bonchev–Trinajstić information content (AvgIpc) is 2.46. The van der Waals surface area contributed by atoms with Crippen LogP contribution in [0.5, 0.6) is 5.75 Å². The number of hydrogen-bond donors (Lipinski definition) is 1. The molecule has 20 heavy (non-hydrogen) atoms. The fourth-order valence-electron chi connectivity index (χ4n) is 2.20. The van der Waals surface area contributed by atoms with E-state index in [-0.39, 0.29) is 6.04 Å². The van der Waals surface area contributed by atoms with Gasteiger partial charge in [0.05, 0.1) is 20.3 Å². The molecule has 0 aromatic heterocycles. The van der Waals surface area contributed by atoms with E-state index in [1.807, 2.05) is 19.1 Å². The van der Waals surface area contributed by atoms with E-state index in [2.05, 4.69) is 11.0 Å². The number of nitrogens with zero attached hydrogens (tertiary/aromatic N) is 1. The lowest BCUT2D eigenvalue weighted by Gasteiger charge is -2.28. The molecular formula is C15H26N2O3. The van der Waals surface area contributed by atoms with Gasteiger partial charge in [-0.15, -0.1) is 0 Å². The fourth-order valence-corrected chi connectivity index (χ4v) is 2.20. The molecule has 5 heteroatoms. The summed E-state index contributed by atoms with van der Waals surface area (Å²) in [5.41, 5.74) is 8.21. The van der Waals surface area contributed by atoms with Crippen LogP contribution in [0.2, 0.25) is 0 Å². The van der Waals surface area contributed by atoms with Crippen LogP contribution in [0.1, 0.15) is 18.5 Å². The van der Waals surface area contributed by atoms with Crippen molar-refractivity contribution in [3.05, 3.63) is 23.8 Å². The molecule has 0 saturated heterocycles. The van der Waals surface area contributed by atoms with Crippen LogP contribution < -0.4 is 15.4 Å². The third-order valence-electron chi connectivity index (χ3n) is 3.19. The number of ether oxygens (including phenoxy) is 3. The largest absolute Gasteiger partial charge is 0.496 e. The molecule has 1 atom stereocenters. The Morgan fingerprint density at radius 3 is 2.15 bits per heavy atom. The molecule has 0 unspecified atom stereocenters. The number of methoxy groups -OCH3 is 3. The van der Waals surface area contributed by atoms with Gasteiger partial charge in [-0.2, -0.15) is 0 Å². The summed E-state index contributed by atoms with van der Waals surface area (Å²) >= 11 is 0. The molecule has 2 N–H and O–H groups in total. The summed E-state index contributed by atoms with van der Waals surface area (Å²) in [6.07, 6.45) is 0. The normalized spacial score (nSPS) is 12.2. The number of benzene rings is 1. The molecule has 1 aromatic carbocycles. The van der Waals surface area contributed by atoms with E-state index in [1.54, 1.807) is 21.3 Å². The first-order valence-corrected chi connectivity index (χ1v) is 6.81. The van der Waals surface area contributed by atoms with Gasteiger partial charge in [-0.05, 0) is 19.1 Å². The highest BCUT2D eigenvalue weighted by atomic mass is 16.5. The molecule has 114 valence electrons. The van der Waals surface area contributed by atoms with Gasteiger partial charge in [-0.1, -0.05) is 6.07 Å². The molecule has 0 bridgehead atoms.